The number of aryl methyl sites for hydroxylation is 1. The van der Waals surface area contributed by atoms with E-state index < -0.39 is 0 Å². The highest BCUT2D eigenvalue weighted by Gasteiger charge is 2.23. The van der Waals surface area contributed by atoms with E-state index in [0.717, 1.165) is 6.42 Å². The van der Waals surface area contributed by atoms with E-state index in [2.05, 4.69) is 77.5 Å². The summed E-state index contributed by atoms with van der Waals surface area (Å²) in [6, 6.07) is 15.2. The number of hydrogen-bond donors (Lipinski definition) is 0. The predicted octanol–water partition coefficient (Wildman–Crippen LogP) is 5.56. The first kappa shape index (κ1) is 12.7. The van der Waals surface area contributed by atoms with Crippen molar-refractivity contribution in [1.29, 1.82) is 0 Å². The Morgan fingerprint density at radius 1 is 1.05 bits per heavy atom. The lowest BCUT2D eigenvalue weighted by Crippen LogP contribution is -2.01. The molecule has 0 radical (unpaired) electrons. The van der Waals surface area contributed by atoms with Crippen LogP contribution in [0.3, 0.4) is 0 Å². The van der Waals surface area contributed by atoms with Gasteiger partial charge in [-0.1, -0.05) is 77.8 Å². The zero-order valence-electron chi connectivity index (χ0n) is 11.1. The molecule has 1 heteroatoms. The van der Waals surface area contributed by atoms with Crippen molar-refractivity contribution >= 4 is 22.0 Å². The highest BCUT2D eigenvalue weighted by Crippen LogP contribution is 2.41. The molecule has 0 bridgehead atoms. The third-order valence-corrected chi connectivity index (χ3v) is 4.46. The van der Waals surface area contributed by atoms with E-state index in [0.29, 0.717) is 5.92 Å². The largest absolute Gasteiger partial charge is 0.0720 e. The summed E-state index contributed by atoms with van der Waals surface area (Å²) < 4.78 is 1.21. The molecule has 1 aliphatic carbocycles. The molecule has 0 saturated carbocycles. The van der Waals surface area contributed by atoms with Gasteiger partial charge in [-0.05, 0) is 34.7 Å². The van der Waals surface area contributed by atoms with Crippen molar-refractivity contribution in [3.8, 4) is 0 Å². The molecule has 19 heavy (non-hydrogen) atoms. The lowest BCUT2D eigenvalue weighted by Gasteiger charge is -2.17. The average molecular weight is 313 g/mol. The Balaban J connectivity index is 2.12. The molecule has 0 aliphatic heterocycles. The van der Waals surface area contributed by atoms with Gasteiger partial charge >= 0.3 is 0 Å². The molecule has 96 valence electrons. The Bertz CT molecular complexity index is 611. The average Bonchev–Trinajstić information content (AvgIpc) is 2.89. The molecule has 0 aromatic heterocycles. The number of benzene rings is 2. The van der Waals surface area contributed by atoms with Crippen molar-refractivity contribution in [3.05, 3.63) is 75.3 Å². The van der Waals surface area contributed by atoms with E-state index in [1.165, 1.54) is 33.1 Å². The van der Waals surface area contributed by atoms with Crippen molar-refractivity contribution < 1.29 is 0 Å². The maximum Gasteiger partial charge on any atom is 0.0281 e. The summed E-state index contributed by atoms with van der Waals surface area (Å²) in [4.78, 5) is 0. The maximum atomic E-state index is 3.68. The number of halogens is 1. The Hall–Kier alpha value is -1.34. The fourth-order valence-corrected chi connectivity index (χ4v) is 3.38. The van der Waals surface area contributed by atoms with Gasteiger partial charge in [-0.15, -0.1) is 0 Å². The number of rotatable bonds is 3. The molecule has 0 heterocycles. The molecule has 0 saturated heterocycles. The van der Waals surface area contributed by atoms with Crippen LogP contribution < -0.4 is 0 Å². The van der Waals surface area contributed by atoms with Crippen LogP contribution in [-0.4, -0.2) is 0 Å². The highest BCUT2D eigenvalue weighted by molar-refractivity contribution is 9.10. The predicted molar refractivity (Wildman–Crippen MR) is 85.5 cm³/mol. The van der Waals surface area contributed by atoms with Gasteiger partial charge in [-0.2, -0.15) is 0 Å². The van der Waals surface area contributed by atoms with Crippen molar-refractivity contribution in [1.82, 2.24) is 0 Å². The molecule has 3 rings (SSSR count). The zero-order chi connectivity index (χ0) is 13.2. The molecule has 0 nitrogen and oxygen atoms in total. The van der Waals surface area contributed by atoms with E-state index in [-0.39, 0.29) is 0 Å². The summed E-state index contributed by atoms with van der Waals surface area (Å²) >= 11 is 3.68. The fourth-order valence-electron chi connectivity index (χ4n) is 2.91. The summed E-state index contributed by atoms with van der Waals surface area (Å²) in [5, 5.41) is 0. The van der Waals surface area contributed by atoms with Gasteiger partial charge in [0, 0.05) is 10.4 Å². The summed E-state index contributed by atoms with van der Waals surface area (Å²) in [7, 11) is 0. The minimum absolute atomic E-state index is 0.412. The normalized spacial score (nSPS) is 16.6. The van der Waals surface area contributed by atoms with Crippen LogP contribution in [0.15, 0.2) is 53.0 Å². The Morgan fingerprint density at radius 2 is 1.84 bits per heavy atom. The number of allylic oxidation sites excluding steroid dienone is 1. The molecule has 1 atom stereocenters. The minimum Gasteiger partial charge on any atom is -0.0720 e. The third kappa shape index (κ3) is 2.28. The van der Waals surface area contributed by atoms with E-state index in [4.69, 9.17) is 0 Å². The summed E-state index contributed by atoms with van der Waals surface area (Å²) in [6.45, 7) is 2.24. The van der Waals surface area contributed by atoms with Crippen LogP contribution >= 0.6 is 15.9 Å². The Kier molecular flexibility index (Phi) is 3.56. The monoisotopic (exact) mass is 312 g/mol. The van der Waals surface area contributed by atoms with Crippen LogP contribution in [0.4, 0.5) is 0 Å². The van der Waals surface area contributed by atoms with Crippen molar-refractivity contribution in [3.63, 3.8) is 0 Å². The number of fused-ring (bicyclic) bond motifs is 1. The standard InChI is InChI=1S/C18H17Br/c1-2-6-14-9-12-17(19)16-11-10-15(18(14)16)13-7-4-3-5-8-13/h3-5,7-12,15H,2,6H2,1H3. The SMILES string of the molecule is CCCc1ccc(Br)c2c1C(c1ccccc1)C=C2. The second kappa shape index (κ2) is 5.34. The summed E-state index contributed by atoms with van der Waals surface area (Å²) in [5.74, 6) is 0.412. The first-order valence-corrected chi connectivity index (χ1v) is 7.65. The smallest absolute Gasteiger partial charge is 0.0281 e. The topological polar surface area (TPSA) is 0 Å². The molecule has 0 N–H and O–H groups in total. The van der Waals surface area contributed by atoms with Crippen LogP contribution in [0.2, 0.25) is 0 Å². The van der Waals surface area contributed by atoms with Crippen LogP contribution in [0.5, 0.6) is 0 Å². The molecule has 0 spiro atoms. The maximum absolute atomic E-state index is 3.68. The van der Waals surface area contributed by atoms with Crippen LogP contribution in [-0.2, 0) is 6.42 Å². The quantitative estimate of drug-likeness (QED) is 0.696. The van der Waals surface area contributed by atoms with Crippen LogP contribution in [0.25, 0.3) is 6.08 Å². The van der Waals surface area contributed by atoms with Gasteiger partial charge in [0.2, 0.25) is 0 Å². The van der Waals surface area contributed by atoms with Crippen LogP contribution in [0, 0.1) is 0 Å². The summed E-state index contributed by atoms with van der Waals surface area (Å²) in [5.41, 5.74) is 5.72. The minimum atomic E-state index is 0.412. The van der Waals surface area contributed by atoms with Gasteiger partial charge in [-0.25, -0.2) is 0 Å². The molecule has 2 aromatic rings. The second-order valence-corrected chi connectivity index (χ2v) is 5.89. The van der Waals surface area contributed by atoms with Crippen molar-refractivity contribution in [2.24, 2.45) is 0 Å². The van der Waals surface area contributed by atoms with E-state index >= 15 is 0 Å². The molecular formula is C18H17Br. The van der Waals surface area contributed by atoms with Crippen molar-refractivity contribution in [2.45, 2.75) is 25.7 Å². The van der Waals surface area contributed by atoms with E-state index in [1.54, 1.807) is 0 Å². The second-order valence-electron chi connectivity index (χ2n) is 5.03. The molecule has 1 unspecified atom stereocenters. The van der Waals surface area contributed by atoms with Gasteiger partial charge in [0.1, 0.15) is 0 Å². The lowest BCUT2D eigenvalue weighted by molar-refractivity contribution is 0.889. The van der Waals surface area contributed by atoms with Crippen molar-refractivity contribution in [2.75, 3.05) is 0 Å². The van der Waals surface area contributed by atoms with Gasteiger partial charge in [0.05, 0.1) is 0 Å². The number of hydrogen-bond acceptors (Lipinski definition) is 0. The molecule has 0 fully saturated rings. The molecule has 1 aliphatic rings. The zero-order valence-corrected chi connectivity index (χ0v) is 12.7. The van der Waals surface area contributed by atoms with E-state index in [1.807, 2.05) is 0 Å². The molecule has 0 amide bonds. The first-order valence-electron chi connectivity index (χ1n) is 6.85. The van der Waals surface area contributed by atoms with E-state index in [9.17, 15) is 0 Å². The third-order valence-electron chi connectivity index (χ3n) is 3.77. The van der Waals surface area contributed by atoms with Crippen LogP contribution in [0.1, 0.15) is 41.5 Å². The molecular weight excluding hydrogens is 296 g/mol. The van der Waals surface area contributed by atoms with Gasteiger partial charge in [0.15, 0.2) is 0 Å². The lowest BCUT2D eigenvalue weighted by atomic mass is 9.88. The van der Waals surface area contributed by atoms with Gasteiger partial charge < -0.3 is 0 Å². The fraction of sp³-hybridized carbons (Fsp3) is 0.222. The highest BCUT2D eigenvalue weighted by atomic mass is 79.9. The van der Waals surface area contributed by atoms with Gasteiger partial charge in [-0.3, -0.25) is 0 Å². The van der Waals surface area contributed by atoms with Gasteiger partial charge in [0.25, 0.3) is 0 Å². The first-order chi connectivity index (χ1) is 9.31. The Morgan fingerprint density at radius 3 is 2.58 bits per heavy atom. The Labute approximate surface area is 123 Å². The molecule has 2 aromatic carbocycles. The summed E-state index contributed by atoms with van der Waals surface area (Å²) in [6.07, 6.45) is 6.93.